The fourth-order valence-electron chi connectivity index (χ4n) is 3.52. The van der Waals surface area contributed by atoms with E-state index in [1.54, 1.807) is 42.5 Å². The molecule has 11 heteroatoms. The Morgan fingerprint density at radius 2 is 1.38 bits per heavy atom. The van der Waals surface area contributed by atoms with Crippen molar-refractivity contribution in [3.63, 3.8) is 0 Å². The highest BCUT2D eigenvalue weighted by molar-refractivity contribution is 6.50. The van der Waals surface area contributed by atoms with E-state index in [9.17, 15) is 22.1 Å². The van der Waals surface area contributed by atoms with E-state index in [-0.39, 0.29) is 0 Å². The number of carbonyl (C=O) groups is 1. The van der Waals surface area contributed by atoms with Gasteiger partial charge in [-0.05, 0) is 54.6 Å². The highest BCUT2D eigenvalue weighted by atomic mass is 35.5. The number of halogens is 6. The Balaban J connectivity index is 0.000000648. The molecule has 1 N–H and O–H groups in total. The average Bonchev–Trinajstić information content (AvgIpc) is 2.90. The Bertz CT molecular complexity index is 1650. The predicted molar refractivity (Wildman–Crippen MR) is 143 cm³/mol. The van der Waals surface area contributed by atoms with E-state index in [0.29, 0.717) is 26.9 Å². The smallest absolute Gasteiger partial charge is 0.456 e. The van der Waals surface area contributed by atoms with Crippen LogP contribution in [-0.2, 0) is 0 Å². The molecule has 39 heavy (non-hydrogen) atoms. The van der Waals surface area contributed by atoms with E-state index < -0.39 is 13.2 Å². The van der Waals surface area contributed by atoms with Crippen LogP contribution < -0.4 is 15.1 Å². The minimum atomic E-state index is -6.00. The summed E-state index contributed by atoms with van der Waals surface area (Å²) in [5.74, 6) is 0.716. The fraction of sp³-hybridized carbons (Fsp3) is 0. The van der Waals surface area contributed by atoms with Gasteiger partial charge in [0, 0.05) is 27.7 Å². The van der Waals surface area contributed by atoms with Crippen molar-refractivity contribution in [1.82, 2.24) is 0 Å². The lowest BCUT2D eigenvalue weighted by Gasteiger charge is -2.04. The van der Waals surface area contributed by atoms with Crippen molar-refractivity contribution < 1.29 is 36.2 Å². The van der Waals surface area contributed by atoms with Gasteiger partial charge in [0.1, 0.15) is 17.1 Å². The van der Waals surface area contributed by atoms with Gasteiger partial charge in [0.05, 0.1) is 17.0 Å². The minimum Gasteiger partial charge on any atom is -0.456 e. The molecule has 5 aromatic rings. The Labute approximate surface area is 230 Å². The molecule has 1 aromatic heterocycles. The van der Waals surface area contributed by atoms with E-state index in [2.05, 4.69) is 4.99 Å². The molecule has 0 saturated carbocycles. The van der Waals surface area contributed by atoms with Gasteiger partial charge in [0.15, 0.2) is 0 Å². The van der Waals surface area contributed by atoms with Gasteiger partial charge in [-0.3, -0.25) is 0 Å². The maximum atomic E-state index is 12.3. The Hall–Kier alpha value is -4.08. The number of ether oxygens (including phenoxy) is 1. The first kappa shape index (κ1) is 27.9. The molecule has 0 unspecified atom stereocenters. The molecule has 0 aliphatic carbocycles. The highest BCUT2D eigenvalue weighted by Gasteiger charge is 2.20. The zero-order chi connectivity index (χ0) is 28.0. The summed E-state index contributed by atoms with van der Waals surface area (Å²) in [6, 6.07) is 31.0. The first-order chi connectivity index (χ1) is 18.5. The third kappa shape index (κ3) is 8.20. The number of hydrogen-bond donors (Lipinski definition) is 1. The van der Waals surface area contributed by atoms with Gasteiger partial charge in [0.25, 0.3) is 0 Å². The van der Waals surface area contributed by atoms with Crippen molar-refractivity contribution in [1.29, 1.82) is 0 Å². The monoisotopic (exact) mass is 573 g/mol. The third-order valence-corrected chi connectivity index (χ3v) is 5.70. The van der Waals surface area contributed by atoms with Gasteiger partial charge in [-0.25, -0.2) is 9.79 Å². The number of carbonyl (C=O) groups excluding carboxylic acids is 1. The van der Waals surface area contributed by atoms with Gasteiger partial charge >= 0.3 is 13.2 Å². The van der Waals surface area contributed by atoms with Crippen molar-refractivity contribution in [2.75, 3.05) is 0 Å². The number of nitrogens with one attached hydrogen (secondary N) is 1. The van der Waals surface area contributed by atoms with Gasteiger partial charge in [-0.15, -0.1) is 0 Å². The van der Waals surface area contributed by atoms with E-state index in [4.69, 9.17) is 32.4 Å². The van der Waals surface area contributed by atoms with E-state index in [1.165, 1.54) is 0 Å². The van der Waals surface area contributed by atoms with Crippen LogP contribution in [0, 0.1) is 0 Å². The lowest BCUT2D eigenvalue weighted by atomic mass is 10.1. The van der Waals surface area contributed by atoms with Crippen LogP contribution >= 0.6 is 23.2 Å². The molecule has 0 atom stereocenters. The zero-order valence-electron chi connectivity index (χ0n) is 19.9. The summed E-state index contributed by atoms with van der Waals surface area (Å²) in [6.45, 7) is 0. The largest absolute Gasteiger partial charge is 0.673 e. The van der Waals surface area contributed by atoms with Gasteiger partial charge in [-0.1, -0.05) is 53.5 Å². The van der Waals surface area contributed by atoms with Crippen LogP contribution in [0.25, 0.3) is 22.3 Å². The molecule has 4 aromatic carbocycles. The summed E-state index contributed by atoms with van der Waals surface area (Å²) in [5, 5.41) is 2.87. The SMILES string of the molecule is F[B-](F)(F)F.O=C(Oc1ccc([NH+]=c2cc(-c3ccccc3)oc3ccc(Cl)cc23)cc1)c1ccc(Cl)cc1. The van der Waals surface area contributed by atoms with E-state index >= 15 is 0 Å². The molecule has 0 saturated heterocycles. The Morgan fingerprint density at radius 3 is 2.03 bits per heavy atom. The lowest BCUT2D eigenvalue weighted by molar-refractivity contribution is -0.400. The number of hydrogen-bond acceptors (Lipinski definition) is 3. The van der Waals surface area contributed by atoms with Gasteiger partial charge in [0.2, 0.25) is 11.0 Å². The van der Waals surface area contributed by atoms with Crippen molar-refractivity contribution in [2.24, 2.45) is 0 Å². The second kappa shape index (κ2) is 12.2. The molecule has 0 aliphatic rings. The summed E-state index contributed by atoms with van der Waals surface area (Å²) in [7, 11) is -6.00. The number of rotatable bonds is 4. The van der Waals surface area contributed by atoms with E-state index in [1.807, 2.05) is 60.7 Å². The zero-order valence-corrected chi connectivity index (χ0v) is 21.4. The first-order valence-corrected chi connectivity index (χ1v) is 12.1. The molecule has 198 valence electrons. The molecule has 0 radical (unpaired) electrons. The fourth-order valence-corrected chi connectivity index (χ4v) is 3.82. The second-order valence-electron chi connectivity index (χ2n) is 8.07. The summed E-state index contributed by atoms with van der Waals surface area (Å²) in [6.07, 6.45) is 0. The lowest BCUT2D eigenvalue weighted by Crippen LogP contribution is -2.70. The molecule has 0 aliphatic heterocycles. The Kier molecular flexibility index (Phi) is 8.74. The summed E-state index contributed by atoms with van der Waals surface area (Å²) in [4.78, 5) is 15.8. The number of benzene rings is 4. The van der Waals surface area contributed by atoms with Crippen molar-refractivity contribution in [3.05, 3.63) is 124 Å². The molecule has 0 bridgehead atoms. The summed E-state index contributed by atoms with van der Waals surface area (Å²) < 4.78 is 50.6. The van der Waals surface area contributed by atoms with Crippen LogP contribution in [-0.4, -0.2) is 13.2 Å². The minimum absolute atomic E-state index is 0.427. The van der Waals surface area contributed by atoms with Crippen LogP contribution in [0.4, 0.5) is 23.0 Å². The van der Waals surface area contributed by atoms with Crippen molar-refractivity contribution in [2.45, 2.75) is 0 Å². The molecule has 1 heterocycles. The molecular formula is C28H18BCl2F4NO3. The molecular weight excluding hydrogens is 556 g/mol. The molecule has 5 rings (SSSR count). The van der Waals surface area contributed by atoms with Crippen molar-refractivity contribution in [3.8, 4) is 17.1 Å². The topological polar surface area (TPSA) is 53.4 Å². The number of fused-ring (bicyclic) bond motifs is 1. The van der Waals surface area contributed by atoms with Crippen LogP contribution in [0.15, 0.2) is 108 Å². The average molecular weight is 574 g/mol. The molecule has 4 nitrogen and oxygen atoms in total. The van der Waals surface area contributed by atoms with Crippen LogP contribution in [0.5, 0.6) is 5.75 Å². The normalized spacial score (nSPS) is 11.6. The molecule has 0 spiro atoms. The quantitative estimate of drug-likeness (QED) is 0.107. The van der Waals surface area contributed by atoms with Gasteiger partial charge in [-0.2, -0.15) is 0 Å². The van der Waals surface area contributed by atoms with Crippen LogP contribution in [0.1, 0.15) is 10.4 Å². The second-order valence-corrected chi connectivity index (χ2v) is 8.94. The van der Waals surface area contributed by atoms with E-state index in [0.717, 1.165) is 27.8 Å². The summed E-state index contributed by atoms with van der Waals surface area (Å²) in [5.41, 5.74) is 2.92. The van der Waals surface area contributed by atoms with Gasteiger partial charge < -0.3 is 26.4 Å². The first-order valence-electron chi connectivity index (χ1n) is 11.4. The van der Waals surface area contributed by atoms with Crippen molar-refractivity contribution >= 4 is 53.1 Å². The highest BCUT2D eigenvalue weighted by Crippen LogP contribution is 2.23. The maximum Gasteiger partial charge on any atom is 0.673 e. The maximum absolute atomic E-state index is 12.3. The standard InChI is InChI=1S/C28H17Cl2NO3.BF4/c29-20-8-6-19(7-9-20)28(32)33-23-13-11-22(12-14-23)31-25-17-27(18-4-2-1-3-5-18)34-26-15-10-21(30)16-24(25)26;2-1(3,4)5/h1-17H;/q;-1/p+1. The predicted octanol–water partition coefficient (Wildman–Crippen LogP) is 7.24. The number of esters is 1. The van der Waals surface area contributed by atoms with Crippen LogP contribution in [0.2, 0.25) is 10.0 Å². The summed E-state index contributed by atoms with van der Waals surface area (Å²) >= 11 is 12.1. The Morgan fingerprint density at radius 1 is 0.769 bits per heavy atom. The third-order valence-electron chi connectivity index (χ3n) is 5.21. The molecule has 0 fully saturated rings. The molecule has 0 amide bonds. The van der Waals surface area contributed by atoms with Crippen LogP contribution in [0.3, 0.4) is 0 Å².